The third-order valence-electron chi connectivity index (χ3n) is 3.40. The van der Waals surface area contributed by atoms with E-state index in [9.17, 15) is 17.6 Å². The molecule has 1 heterocycles. The Labute approximate surface area is 108 Å². The number of benzene rings is 1. The molecule has 2 nitrogen and oxygen atoms in total. The van der Waals surface area contributed by atoms with E-state index in [-0.39, 0.29) is 11.9 Å². The minimum Gasteiger partial charge on any atom is -0.382 e. The van der Waals surface area contributed by atoms with Gasteiger partial charge in [-0.2, -0.15) is 13.2 Å². The zero-order valence-electron chi connectivity index (χ0n) is 10.2. The van der Waals surface area contributed by atoms with Crippen molar-refractivity contribution in [3.05, 3.63) is 35.6 Å². The number of rotatable bonds is 3. The van der Waals surface area contributed by atoms with Gasteiger partial charge < -0.3 is 5.11 Å². The van der Waals surface area contributed by atoms with Crippen molar-refractivity contribution in [1.29, 1.82) is 0 Å². The number of hydrogen-bond donors (Lipinski definition) is 1. The van der Waals surface area contributed by atoms with Crippen LogP contribution in [0.1, 0.15) is 24.4 Å². The minimum atomic E-state index is -4.60. The molecule has 0 aliphatic carbocycles. The molecule has 0 radical (unpaired) electrons. The number of β-amino-alcohol motifs (C(OH)–C–C–N with tert-alkyl or cyclic N) is 1. The fourth-order valence-electron chi connectivity index (χ4n) is 2.43. The Balaban J connectivity index is 2.07. The first-order valence-corrected chi connectivity index (χ1v) is 6.12. The summed E-state index contributed by atoms with van der Waals surface area (Å²) in [5, 5.41) is 9.13. The number of aliphatic hydroxyl groups is 1. The van der Waals surface area contributed by atoms with Gasteiger partial charge in [-0.3, -0.25) is 4.90 Å². The third kappa shape index (κ3) is 3.45. The largest absolute Gasteiger partial charge is 0.415 e. The van der Waals surface area contributed by atoms with Gasteiger partial charge in [-0.25, -0.2) is 4.39 Å². The molecule has 0 amide bonds. The number of likely N-dealkylation sites (tertiary alicyclic amines) is 1. The van der Waals surface area contributed by atoms with Crippen LogP contribution in [0.15, 0.2) is 24.3 Å². The Morgan fingerprint density at radius 2 is 1.89 bits per heavy atom. The van der Waals surface area contributed by atoms with Gasteiger partial charge in [0.2, 0.25) is 0 Å². The van der Waals surface area contributed by atoms with Gasteiger partial charge in [0.15, 0.2) is 6.10 Å². The number of nitrogens with zero attached hydrogens (tertiary/aromatic N) is 1. The molecule has 2 atom stereocenters. The Kier molecular flexibility index (Phi) is 4.10. The normalized spacial score (nSPS) is 22.7. The van der Waals surface area contributed by atoms with Crippen molar-refractivity contribution in [2.24, 2.45) is 0 Å². The van der Waals surface area contributed by atoms with E-state index >= 15 is 0 Å². The van der Waals surface area contributed by atoms with E-state index in [1.54, 1.807) is 17.0 Å². The van der Waals surface area contributed by atoms with Crippen molar-refractivity contribution in [1.82, 2.24) is 4.90 Å². The van der Waals surface area contributed by atoms with Crippen molar-refractivity contribution >= 4 is 0 Å². The Morgan fingerprint density at radius 3 is 2.47 bits per heavy atom. The first-order valence-electron chi connectivity index (χ1n) is 6.12. The summed E-state index contributed by atoms with van der Waals surface area (Å²) in [6, 6.07) is 5.58. The topological polar surface area (TPSA) is 23.5 Å². The molecule has 0 saturated carbocycles. The molecule has 1 aromatic carbocycles. The fourth-order valence-corrected chi connectivity index (χ4v) is 2.43. The van der Waals surface area contributed by atoms with E-state index in [1.807, 2.05) is 0 Å². The highest BCUT2D eigenvalue weighted by molar-refractivity contribution is 5.21. The second-order valence-electron chi connectivity index (χ2n) is 4.76. The summed E-state index contributed by atoms with van der Waals surface area (Å²) in [5.74, 6) is -0.372. The lowest BCUT2D eigenvalue weighted by molar-refractivity contribution is -0.208. The van der Waals surface area contributed by atoms with Crippen molar-refractivity contribution in [2.75, 3.05) is 13.1 Å². The third-order valence-corrected chi connectivity index (χ3v) is 3.40. The molecule has 2 rings (SSSR count). The van der Waals surface area contributed by atoms with Crippen LogP contribution in [-0.4, -0.2) is 35.4 Å². The van der Waals surface area contributed by atoms with Gasteiger partial charge in [-0.05, 0) is 37.1 Å². The SMILES string of the molecule is O[C@H](CN1CCC[C@@H]1c1ccc(F)cc1)C(F)(F)F. The molecule has 0 unspecified atom stereocenters. The van der Waals surface area contributed by atoms with Crippen LogP contribution in [0, 0.1) is 5.82 Å². The highest BCUT2D eigenvalue weighted by atomic mass is 19.4. The van der Waals surface area contributed by atoms with Crippen molar-refractivity contribution in [2.45, 2.75) is 31.2 Å². The lowest BCUT2D eigenvalue weighted by atomic mass is 10.0. The summed E-state index contributed by atoms with van der Waals surface area (Å²) in [7, 11) is 0. The first-order chi connectivity index (χ1) is 8.88. The highest BCUT2D eigenvalue weighted by Crippen LogP contribution is 2.33. The predicted octanol–water partition coefficient (Wildman–Crippen LogP) is 2.89. The summed E-state index contributed by atoms with van der Waals surface area (Å²) in [6.45, 7) is 0.0702. The molecule has 1 saturated heterocycles. The number of hydrogen-bond acceptors (Lipinski definition) is 2. The van der Waals surface area contributed by atoms with Gasteiger partial charge in [0.25, 0.3) is 0 Å². The Morgan fingerprint density at radius 1 is 1.26 bits per heavy atom. The molecule has 19 heavy (non-hydrogen) atoms. The number of alkyl halides is 3. The molecule has 106 valence electrons. The first kappa shape index (κ1) is 14.3. The maximum atomic E-state index is 12.8. The second-order valence-corrected chi connectivity index (χ2v) is 4.76. The van der Waals surface area contributed by atoms with E-state index in [0.29, 0.717) is 6.54 Å². The molecule has 0 aromatic heterocycles. The summed E-state index contributed by atoms with van der Waals surface area (Å²) in [5.41, 5.74) is 0.785. The summed E-state index contributed by atoms with van der Waals surface area (Å²) >= 11 is 0. The Bertz CT molecular complexity index is 418. The monoisotopic (exact) mass is 277 g/mol. The van der Waals surface area contributed by atoms with Crippen LogP contribution in [0.4, 0.5) is 17.6 Å². The van der Waals surface area contributed by atoms with Crippen LogP contribution in [0.25, 0.3) is 0 Å². The van der Waals surface area contributed by atoms with E-state index in [4.69, 9.17) is 5.11 Å². The Hall–Kier alpha value is -1.14. The van der Waals surface area contributed by atoms with Gasteiger partial charge in [-0.15, -0.1) is 0 Å². The molecule has 1 fully saturated rings. The fraction of sp³-hybridized carbons (Fsp3) is 0.538. The van der Waals surface area contributed by atoms with E-state index in [0.717, 1.165) is 18.4 Å². The maximum absolute atomic E-state index is 12.8. The van der Waals surface area contributed by atoms with Gasteiger partial charge in [0.05, 0.1) is 0 Å². The molecule has 6 heteroatoms. The van der Waals surface area contributed by atoms with Crippen LogP contribution in [-0.2, 0) is 0 Å². The molecule has 1 aromatic rings. The summed E-state index contributed by atoms with van der Waals surface area (Å²) < 4.78 is 49.9. The van der Waals surface area contributed by atoms with Gasteiger partial charge >= 0.3 is 6.18 Å². The zero-order chi connectivity index (χ0) is 14.0. The minimum absolute atomic E-state index is 0.183. The zero-order valence-corrected chi connectivity index (χ0v) is 10.2. The van der Waals surface area contributed by atoms with Gasteiger partial charge in [0, 0.05) is 12.6 Å². The highest BCUT2D eigenvalue weighted by Gasteiger charge is 2.41. The van der Waals surface area contributed by atoms with Crippen molar-refractivity contribution < 1.29 is 22.7 Å². The number of halogens is 4. The lowest BCUT2D eigenvalue weighted by Crippen LogP contribution is -2.40. The van der Waals surface area contributed by atoms with Crippen LogP contribution >= 0.6 is 0 Å². The number of aliphatic hydroxyl groups excluding tert-OH is 1. The molecule has 0 spiro atoms. The van der Waals surface area contributed by atoms with Crippen molar-refractivity contribution in [3.63, 3.8) is 0 Å². The molecular formula is C13H15F4NO. The van der Waals surface area contributed by atoms with Gasteiger partial charge in [0.1, 0.15) is 5.82 Å². The molecule has 0 bridgehead atoms. The van der Waals surface area contributed by atoms with Crippen molar-refractivity contribution in [3.8, 4) is 0 Å². The molecule has 1 aliphatic heterocycles. The van der Waals surface area contributed by atoms with Gasteiger partial charge in [-0.1, -0.05) is 12.1 Å². The van der Waals surface area contributed by atoms with Crippen LogP contribution in [0.5, 0.6) is 0 Å². The second kappa shape index (κ2) is 5.46. The molecule has 1 aliphatic rings. The van der Waals surface area contributed by atoms with E-state index in [1.165, 1.54) is 12.1 Å². The molecule has 1 N–H and O–H groups in total. The smallest absolute Gasteiger partial charge is 0.382 e. The maximum Gasteiger partial charge on any atom is 0.415 e. The lowest BCUT2D eigenvalue weighted by Gasteiger charge is -2.27. The summed E-state index contributed by atoms with van der Waals surface area (Å²) in [4.78, 5) is 1.60. The quantitative estimate of drug-likeness (QED) is 0.859. The standard InChI is InChI=1S/C13H15F4NO/c14-10-5-3-9(4-6-10)11-2-1-7-18(11)8-12(19)13(15,16)17/h3-6,11-12,19H,1-2,7-8H2/t11-,12-/m1/s1. The predicted molar refractivity (Wildman–Crippen MR) is 62.0 cm³/mol. The van der Waals surface area contributed by atoms with Crippen LogP contribution in [0.2, 0.25) is 0 Å². The average molecular weight is 277 g/mol. The van der Waals surface area contributed by atoms with Crippen LogP contribution < -0.4 is 0 Å². The average Bonchev–Trinajstić information content (AvgIpc) is 2.77. The summed E-state index contributed by atoms with van der Waals surface area (Å²) in [6.07, 6.45) is -5.45. The van der Waals surface area contributed by atoms with E-state index < -0.39 is 18.8 Å². The van der Waals surface area contributed by atoms with E-state index in [2.05, 4.69) is 0 Å². The molecular weight excluding hydrogens is 262 g/mol. The van der Waals surface area contributed by atoms with Crippen LogP contribution in [0.3, 0.4) is 0 Å².